The molecule has 8 heteroatoms. The van der Waals surface area contributed by atoms with Crippen molar-refractivity contribution in [1.29, 1.82) is 0 Å². The molecule has 0 aliphatic carbocycles. The summed E-state index contributed by atoms with van der Waals surface area (Å²) in [5.74, 6) is 0.823. The van der Waals surface area contributed by atoms with E-state index in [1.807, 2.05) is 12.1 Å². The molecule has 1 unspecified atom stereocenters. The largest absolute Gasteiger partial charge is 0.339 e. The molecule has 1 aliphatic heterocycles. The number of aryl methyl sites for hydroxylation is 2. The van der Waals surface area contributed by atoms with Crippen LogP contribution in [0.15, 0.2) is 51.9 Å². The van der Waals surface area contributed by atoms with Crippen LogP contribution in [0, 0.1) is 19.7 Å². The monoisotopic (exact) mass is 443 g/mol. The van der Waals surface area contributed by atoms with Gasteiger partial charge in [0.25, 0.3) is 0 Å². The van der Waals surface area contributed by atoms with Crippen molar-refractivity contribution < 1.29 is 17.3 Å². The smallest absolute Gasteiger partial charge is 0.243 e. The Morgan fingerprint density at radius 1 is 1.10 bits per heavy atom. The first-order chi connectivity index (χ1) is 14.8. The zero-order valence-corrected chi connectivity index (χ0v) is 18.7. The van der Waals surface area contributed by atoms with Gasteiger partial charge in [-0.1, -0.05) is 36.3 Å². The van der Waals surface area contributed by atoms with Crippen molar-refractivity contribution in [3.63, 3.8) is 0 Å². The molecule has 6 nitrogen and oxygen atoms in total. The Kier molecular flexibility index (Phi) is 5.94. The van der Waals surface area contributed by atoms with E-state index in [4.69, 9.17) is 4.52 Å². The van der Waals surface area contributed by atoms with Gasteiger partial charge in [0, 0.05) is 24.9 Å². The van der Waals surface area contributed by atoms with Crippen LogP contribution in [0.2, 0.25) is 0 Å². The fourth-order valence-corrected chi connectivity index (χ4v) is 5.63. The summed E-state index contributed by atoms with van der Waals surface area (Å²) in [6, 6.07) is 12.0. The van der Waals surface area contributed by atoms with Crippen molar-refractivity contribution in [2.24, 2.45) is 0 Å². The first kappa shape index (κ1) is 21.6. The predicted molar refractivity (Wildman–Crippen MR) is 115 cm³/mol. The van der Waals surface area contributed by atoms with Crippen LogP contribution in [-0.2, 0) is 10.0 Å². The van der Waals surface area contributed by atoms with E-state index in [0.29, 0.717) is 43.2 Å². The maximum Gasteiger partial charge on any atom is 0.243 e. The molecule has 0 bridgehead atoms. The van der Waals surface area contributed by atoms with Gasteiger partial charge >= 0.3 is 0 Å². The number of hydrogen-bond donors (Lipinski definition) is 0. The fourth-order valence-electron chi connectivity index (χ4n) is 4.07. The van der Waals surface area contributed by atoms with Gasteiger partial charge in [0.2, 0.25) is 15.9 Å². The Hall–Kier alpha value is -2.58. The molecule has 2 heterocycles. The van der Waals surface area contributed by atoms with Crippen molar-refractivity contribution in [1.82, 2.24) is 14.4 Å². The van der Waals surface area contributed by atoms with Crippen LogP contribution >= 0.6 is 0 Å². The normalized spacial score (nSPS) is 17.0. The van der Waals surface area contributed by atoms with E-state index in [-0.39, 0.29) is 16.7 Å². The molecule has 1 saturated heterocycles. The predicted octanol–water partition coefficient (Wildman–Crippen LogP) is 4.55. The van der Waals surface area contributed by atoms with E-state index < -0.39 is 15.8 Å². The maximum atomic E-state index is 13.5. The van der Waals surface area contributed by atoms with Gasteiger partial charge in [0.15, 0.2) is 5.82 Å². The molecular formula is C23H26FN3O3S. The second-order valence-corrected chi connectivity index (χ2v) is 10.1. The van der Waals surface area contributed by atoms with Crippen molar-refractivity contribution >= 4 is 10.0 Å². The average molecular weight is 444 g/mol. The molecule has 0 amide bonds. The Morgan fingerprint density at radius 3 is 2.48 bits per heavy atom. The first-order valence-corrected chi connectivity index (χ1v) is 11.9. The van der Waals surface area contributed by atoms with E-state index in [1.165, 1.54) is 28.1 Å². The number of aromatic nitrogens is 2. The van der Waals surface area contributed by atoms with Gasteiger partial charge in [-0.25, -0.2) is 12.8 Å². The van der Waals surface area contributed by atoms with Crippen LogP contribution in [0.25, 0.3) is 0 Å². The summed E-state index contributed by atoms with van der Waals surface area (Å²) in [5.41, 5.74) is 2.65. The van der Waals surface area contributed by atoms with Gasteiger partial charge in [-0.3, -0.25) is 0 Å². The van der Waals surface area contributed by atoms with Gasteiger partial charge in [0.05, 0.1) is 4.90 Å². The number of hydrogen-bond acceptors (Lipinski definition) is 5. The molecule has 1 aliphatic rings. The summed E-state index contributed by atoms with van der Waals surface area (Å²) in [6.07, 6.45) is 1.19. The number of nitrogens with zero attached hydrogens (tertiary/aromatic N) is 3. The maximum absolute atomic E-state index is 13.5. The molecule has 0 radical (unpaired) electrons. The van der Waals surface area contributed by atoms with Crippen molar-refractivity contribution in [2.45, 2.75) is 50.3 Å². The molecule has 1 atom stereocenters. The van der Waals surface area contributed by atoms with Crippen LogP contribution < -0.4 is 0 Å². The minimum Gasteiger partial charge on any atom is -0.339 e. The highest BCUT2D eigenvalue weighted by molar-refractivity contribution is 7.89. The first-order valence-electron chi connectivity index (χ1n) is 10.4. The van der Waals surface area contributed by atoms with E-state index >= 15 is 0 Å². The molecule has 3 aromatic rings. The molecule has 2 aromatic carbocycles. The molecule has 0 spiro atoms. The zero-order valence-electron chi connectivity index (χ0n) is 17.9. The lowest BCUT2D eigenvalue weighted by Crippen LogP contribution is -2.38. The summed E-state index contributed by atoms with van der Waals surface area (Å²) in [6.45, 7) is 6.39. The van der Waals surface area contributed by atoms with Crippen LogP contribution in [0.1, 0.15) is 60.0 Å². The topological polar surface area (TPSA) is 76.3 Å². The Balaban J connectivity index is 1.45. The third-order valence-electron chi connectivity index (χ3n) is 6.07. The number of sulfonamides is 1. The third kappa shape index (κ3) is 4.27. The lowest BCUT2D eigenvalue weighted by molar-refractivity contribution is 0.270. The van der Waals surface area contributed by atoms with Crippen LogP contribution in [-0.4, -0.2) is 36.0 Å². The fraction of sp³-hybridized carbons (Fsp3) is 0.391. The van der Waals surface area contributed by atoms with Gasteiger partial charge < -0.3 is 4.52 Å². The van der Waals surface area contributed by atoms with Gasteiger partial charge in [-0.15, -0.1) is 0 Å². The number of benzene rings is 2. The number of rotatable bonds is 5. The lowest BCUT2D eigenvalue weighted by Gasteiger charge is -2.29. The highest BCUT2D eigenvalue weighted by Gasteiger charge is 2.32. The standard InChI is InChI=1S/C23H26FN3O3S/c1-15-6-4-5-7-20(15)17(3)22-25-23(30-26-22)18-10-12-27(13-11-18)31(28,29)19-8-9-21(24)16(2)14-19/h4-9,14,17-18H,10-13H2,1-3H3. The molecular weight excluding hydrogens is 417 g/mol. The summed E-state index contributed by atoms with van der Waals surface area (Å²) in [5, 5.41) is 4.19. The molecule has 0 saturated carbocycles. The molecule has 31 heavy (non-hydrogen) atoms. The van der Waals surface area contributed by atoms with E-state index in [0.717, 1.165) is 5.56 Å². The second-order valence-electron chi connectivity index (χ2n) is 8.16. The van der Waals surface area contributed by atoms with Crippen LogP contribution in [0.4, 0.5) is 4.39 Å². The number of halogens is 1. The quantitative estimate of drug-likeness (QED) is 0.578. The lowest BCUT2D eigenvalue weighted by atomic mass is 9.95. The zero-order chi connectivity index (χ0) is 22.2. The van der Waals surface area contributed by atoms with Gasteiger partial charge in [0.1, 0.15) is 5.82 Å². The molecule has 0 N–H and O–H groups in total. The average Bonchev–Trinajstić information content (AvgIpc) is 3.26. The molecule has 4 rings (SSSR count). The highest BCUT2D eigenvalue weighted by atomic mass is 32.2. The highest BCUT2D eigenvalue weighted by Crippen LogP contribution is 2.32. The van der Waals surface area contributed by atoms with Gasteiger partial charge in [-0.2, -0.15) is 9.29 Å². The minimum absolute atomic E-state index is 0.0147. The Morgan fingerprint density at radius 2 is 1.81 bits per heavy atom. The molecule has 1 aromatic heterocycles. The second kappa shape index (κ2) is 8.51. The molecule has 164 valence electrons. The van der Waals surface area contributed by atoms with Crippen molar-refractivity contribution in [3.8, 4) is 0 Å². The van der Waals surface area contributed by atoms with Gasteiger partial charge in [-0.05, 0) is 61.6 Å². The summed E-state index contributed by atoms with van der Waals surface area (Å²) in [7, 11) is -3.66. The Labute approximate surface area is 182 Å². The Bertz CT molecular complexity index is 1180. The van der Waals surface area contributed by atoms with Crippen molar-refractivity contribution in [2.75, 3.05) is 13.1 Å². The minimum atomic E-state index is -3.66. The van der Waals surface area contributed by atoms with E-state index in [1.54, 1.807) is 6.92 Å². The summed E-state index contributed by atoms with van der Waals surface area (Å²) in [4.78, 5) is 4.75. The van der Waals surface area contributed by atoms with E-state index in [9.17, 15) is 12.8 Å². The van der Waals surface area contributed by atoms with Crippen molar-refractivity contribution in [3.05, 3.63) is 76.7 Å². The SMILES string of the molecule is Cc1cc(S(=O)(=O)N2CCC(c3nc(C(C)c4ccccc4C)no3)CC2)ccc1F. The van der Waals surface area contributed by atoms with Crippen LogP contribution in [0.5, 0.6) is 0 Å². The molecule has 1 fully saturated rings. The third-order valence-corrected chi connectivity index (χ3v) is 7.96. The number of piperidine rings is 1. The van der Waals surface area contributed by atoms with Crippen LogP contribution in [0.3, 0.4) is 0 Å². The van der Waals surface area contributed by atoms with E-state index in [2.05, 4.69) is 36.1 Å². The summed E-state index contributed by atoms with van der Waals surface area (Å²) < 4.78 is 46.4. The summed E-state index contributed by atoms with van der Waals surface area (Å²) >= 11 is 0.